The van der Waals surface area contributed by atoms with Gasteiger partial charge in [0.05, 0.1) is 11.5 Å². The van der Waals surface area contributed by atoms with E-state index in [2.05, 4.69) is 34.7 Å². The van der Waals surface area contributed by atoms with Crippen LogP contribution in [0.15, 0.2) is 8.68 Å². The normalized spacial score (nSPS) is 13.3. The number of rotatable bonds is 12. The van der Waals surface area contributed by atoms with Crippen molar-refractivity contribution in [2.45, 2.75) is 74.1 Å². The fourth-order valence-corrected chi connectivity index (χ4v) is 4.85. The summed E-state index contributed by atoms with van der Waals surface area (Å²) in [6.45, 7) is 8.22. The lowest BCUT2D eigenvalue weighted by Gasteiger charge is -2.11. The zero-order chi connectivity index (χ0) is 18.7. The van der Waals surface area contributed by atoms with E-state index in [4.69, 9.17) is 0 Å². The number of thioether (sulfide) groups is 2. The predicted molar refractivity (Wildman–Crippen MR) is 106 cm³/mol. The van der Waals surface area contributed by atoms with Crippen LogP contribution in [0.4, 0.5) is 0 Å². The van der Waals surface area contributed by atoms with Crippen molar-refractivity contribution in [1.29, 1.82) is 0 Å². The highest BCUT2D eigenvalue weighted by atomic mass is 32.2. The lowest BCUT2D eigenvalue weighted by molar-refractivity contribution is -0.120. The molecule has 142 valence electrons. The van der Waals surface area contributed by atoms with Crippen molar-refractivity contribution in [3.05, 3.63) is 0 Å². The number of carbonyl (C=O) groups is 2. The van der Waals surface area contributed by atoms with Gasteiger partial charge in [-0.15, -0.1) is 10.2 Å². The van der Waals surface area contributed by atoms with E-state index in [0.29, 0.717) is 11.5 Å². The minimum atomic E-state index is 0.0136. The molecule has 0 bridgehead atoms. The van der Waals surface area contributed by atoms with Gasteiger partial charge in [0.15, 0.2) is 8.68 Å². The predicted octanol–water partition coefficient (Wildman–Crippen LogP) is 3.33. The van der Waals surface area contributed by atoms with Gasteiger partial charge in [-0.1, -0.05) is 61.5 Å². The van der Waals surface area contributed by atoms with Gasteiger partial charge in [-0.3, -0.25) is 9.59 Å². The third-order valence-electron chi connectivity index (χ3n) is 3.30. The molecule has 0 fully saturated rings. The summed E-state index contributed by atoms with van der Waals surface area (Å²) >= 11 is 4.18. The Kier molecular flexibility index (Phi) is 11.2. The first-order chi connectivity index (χ1) is 11.9. The monoisotopic (exact) mass is 404 g/mol. The molecule has 9 heteroatoms. The fraction of sp³-hybridized carbons (Fsp3) is 0.750. The summed E-state index contributed by atoms with van der Waals surface area (Å²) in [4.78, 5) is 23.7. The highest BCUT2D eigenvalue weighted by molar-refractivity contribution is 8.03. The molecule has 1 aromatic rings. The minimum Gasteiger partial charge on any atom is -0.353 e. The summed E-state index contributed by atoms with van der Waals surface area (Å²) in [6.07, 6.45) is 4.07. The fourth-order valence-electron chi connectivity index (χ4n) is 2.21. The molecule has 0 aliphatic carbocycles. The van der Waals surface area contributed by atoms with Crippen LogP contribution in [0.1, 0.15) is 53.4 Å². The highest BCUT2D eigenvalue weighted by Gasteiger charge is 2.12. The van der Waals surface area contributed by atoms with E-state index in [9.17, 15) is 9.59 Å². The second kappa shape index (κ2) is 12.5. The molecule has 0 aliphatic rings. The maximum atomic E-state index is 11.8. The first-order valence-corrected chi connectivity index (χ1v) is 11.4. The second-order valence-electron chi connectivity index (χ2n) is 5.93. The molecular formula is C16H28N4O2S3. The minimum absolute atomic E-state index is 0.0136. The van der Waals surface area contributed by atoms with Crippen molar-refractivity contribution in [2.75, 3.05) is 11.5 Å². The Bertz CT molecular complexity index is 495. The number of nitrogens with one attached hydrogen (secondary N) is 2. The summed E-state index contributed by atoms with van der Waals surface area (Å²) < 4.78 is 1.50. The van der Waals surface area contributed by atoms with E-state index in [1.165, 1.54) is 34.9 Å². The van der Waals surface area contributed by atoms with Crippen LogP contribution in [0, 0.1) is 0 Å². The maximum Gasteiger partial charge on any atom is 0.230 e. The molecule has 0 spiro atoms. The maximum absolute atomic E-state index is 11.8. The van der Waals surface area contributed by atoms with Gasteiger partial charge in [-0.25, -0.2) is 0 Å². The third-order valence-corrected chi connectivity index (χ3v) is 6.49. The van der Waals surface area contributed by atoms with E-state index in [1.807, 2.05) is 13.8 Å². The van der Waals surface area contributed by atoms with Gasteiger partial charge in [-0.05, 0) is 26.7 Å². The number of hydrogen-bond donors (Lipinski definition) is 2. The molecular weight excluding hydrogens is 376 g/mol. The van der Waals surface area contributed by atoms with Gasteiger partial charge >= 0.3 is 0 Å². The van der Waals surface area contributed by atoms with E-state index in [0.717, 1.165) is 34.4 Å². The van der Waals surface area contributed by atoms with Crippen molar-refractivity contribution < 1.29 is 9.59 Å². The Balaban J connectivity index is 2.29. The van der Waals surface area contributed by atoms with E-state index in [-0.39, 0.29) is 23.9 Å². The SMILES string of the molecule is CCCC(C)NC(=O)CSc1nnc(SCC(=O)NC(C)CCC)s1. The van der Waals surface area contributed by atoms with Crippen LogP contribution < -0.4 is 10.6 Å². The van der Waals surface area contributed by atoms with Gasteiger partial charge in [-0.2, -0.15) is 0 Å². The van der Waals surface area contributed by atoms with Crippen LogP contribution in [0.3, 0.4) is 0 Å². The summed E-state index contributed by atoms with van der Waals surface area (Å²) in [6, 6.07) is 0.402. The summed E-state index contributed by atoms with van der Waals surface area (Å²) in [5.74, 6) is 0.698. The first kappa shape index (κ1) is 22.2. The molecule has 25 heavy (non-hydrogen) atoms. The molecule has 2 unspecified atom stereocenters. The molecule has 2 N–H and O–H groups in total. The summed E-state index contributed by atoms with van der Waals surface area (Å²) in [5.41, 5.74) is 0. The average Bonchev–Trinajstić information content (AvgIpc) is 2.99. The summed E-state index contributed by atoms with van der Waals surface area (Å²) in [5, 5.41) is 14.1. The summed E-state index contributed by atoms with van der Waals surface area (Å²) in [7, 11) is 0. The second-order valence-corrected chi connectivity index (χ2v) is 9.35. The Morgan fingerprint density at radius 1 is 0.920 bits per heavy atom. The van der Waals surface area contributed by atoms with Gasteiger partial charge in [0, 0.05) is 12.1 Å². The Morgan fingerprint density at radius 3 is 1.68 bits per heavy atom. The van der Waals surface area contributed by atoms with Crippen LogP contribution in [0.2, 0.25) is 0 Å². The highest BCUT2D eigenvalue weighted by Crippen LogP contribution is 2.28. The standard InChI is InChI=1S/C16H28N4O2S3/c1-5-7-11(3)17-13(21)9-23-15-19-20-16(25-15)24-10-14(22)18-12(4)8-6-2/h11-12H,5-10H2,1-4H3,(H,17,21)(H,18,22). The van der Waals surface area contributed by atoms with Crippen LogP contribution in [0.5, 0.6) is 0 Å². The van der Waals surface area contributed by atoms with E-state index in [1.54, 1.807) is 0 Å². The molecule has 2 amide bonds. The zero-order valence-corrected chi connectivity index (χ0v) is 17.8. The Morgan fingerprint density at radius 2 is 1.32 bits per heavy atom. The molecule has 1 rings (SSSR count). The quantitative estimate of drug-likeness (QED) is 0.520. The molecule has 0 aromatic carbocycles. The van der Waals surface area contributed by atoms with Gasteiger partial charge < -0.3 is 10.6 Å². The van der Waals surface area contributed by atoms with Gasteiger partial charge in [0.2, 0.25) is 11.8 Å². The van der Waals surface area contributed by atoms with Crippen molar-refractivity contribution in [3.8, 4) is 0 Å². The van der Waals surface area contributed by atoms with E-state index >= 15 is 0 Å². The van der Waals surface area contributed by atoms with Crippen molar-refractivity contribution in [1.82, 2.24) is 20.8 Å². The molecule has 1 aromatic heterocycles. The van der Waals surface area contributed by atoms with Gasteiger partial charge in [0.1, 0.15) is 0 Å². The topological polar surface area (TPSA) is 84.0 Å². The van der Waals surface area contributed by atoms with Crippen molar-refractivity contribution >= 4 is 46.7 Å². The smallest absolute Gasteiger partial charge is 0.230 e. The molecule has 0 saturated carbocycles. The molecule has 0 aliphatic heterocycles. The van der Waals surface area contributed by atoms with Crippen LogP contribution in [-0.4, -0.2) is 45.6 Å². The lowest BCUT2D eigenvalue weighted by atomic mass is 10.2. The van der Waals surface area contributed by atoms with Crippen molar-refractivity contribution in [2.24, 2.45) is 0 Å². The number of aromatic nitrogens is 2. The van der Waals surface area contributed by atoms with Gasteiger partial charge in [0.25, 0.3) is 0 Å². The number of nitrogens with zero attached hydrogens (tertiary/aromatic N) is 2. The molecule has 6 nitrogen and oxygen atoms in total. The first-order valence-electron chi connectivity index (χ1n) is 8.62. The largest absolute Gasteiger partial charge is 0.353 e. The zero-order valence-electron chi connectivity index (χ0n) is 15.3. The average molecular weight is 405 g/mol. The molecule has 1 heterocycles. The molecule has 0 saturated heterocycles. The number of amides is 2. The molecule has 0 radical (unpaired) electrons. The van der Waals surface area contributed by atoms with Crippen LogP contribution in [0.25, 0.3) is 0 Å². The lowest BCUT2D eigenvalue weighted by Crippen LogP contribution is -2.33. The van der Waals surface area contributed by atoms with Crippen LogP contribution >= 0.6 is 34.9 Å². The third kappa shape index (κ3) is 10.1. The number of hydrogen-bond acceptors (Lipinski definition) is 7. The van der Waals surface area contributed by atoms with Crippen LogP contribution in [-0.2, 0) is 9.59 Å². The molecule has 2 atom stereocenters. The Labute approximate surface area is 162 Å². The van der Waals surface area contributed by atoms with Crippen molar-refractivity contribution in [3.63, 3.8) is 0 Å². The van der Waals surface area contributed by atoms with E-state index < -0.39 is 0 Å². The Hall–Kier alpha value is -0.800. The number of carbonyl (C=O) groups excluding carboxylic acids is 2.